The zero-order chi connectivity index (χ0) is 16.9. The third-order valence-corrected chi connectivity index (χ3v) is 2.63. The smallest absolute Gasteiger partial charge is 0.303 e. The van der Waals surface area contributed by atoms with Crippen molar-refractivity contribution in [3.8, 4) is 5.75 Å². The van der Waals surface area contributed by atoms with Gasteiger partial charge >= 0.3 is 5.97 Å². The van der Waals surface area contributed by atoms with E-state index in [2.05, 4.69) is 5.32 Å². The lowest BCUT2D eigenvalue weighted by atomic mass is 10.0. The number of hydrogen-bond acceptors (Lipinski definition) is 5. The molecule has 0 aliphatic carbocycles. The Hall–Kier alpha value is -2.37. The Morgan fingerprint density at radius 3 is 2.05 bits per heavy atom. The maximum Gasteiger partial charge on any atom is 0.303 e. The molecule has 0 heterocycles. The molecule has 0 saturated carbocycles. The van der Waals surface area contributed by atoms with Gasteiger partial charge in [0.2, 0.25) is 11.9 Å². The summed E-state index contributed by atoms with van der Waals surface area (Å²) in [7, 11) is 1.51. The Morgan fingerprint density at radius 2 is 1.64 bits per heavy atom. The Kier molecular flexibility index (Phi) is 5.68. The molecule has 1 atom stereocenters. The minimum absolute atomic E-state index is 0.260. The molecule has 120 valence electrons. The predicted molar refractivity (Wildman–Crippen MR) is 80.8 cm³/mol. The summed E-state index contributed by atoms with van der Waals surface area (Å²) in [5, 5.41) is 2.64. The van der Waals surface area contributed by atoms with Gasteiger partial charge in [-0.05, 0) is 45.0 Å². The summed E-state index contributed by atoms with van der Waals surface area (Å²) in [4.78, 5) is 35.8. The maximum atomic E-state index is 12.4. The van der Waals surface area contributed by atoms with Crippen LogP contribution in [0.4, 0.5) is 0 Å². The van der Waals surface area contributed by atoms with Crippen LogP contribution < -0.4 is 10.1 Å². The van der Waals surface area contributed by atoms with Crippen molar-refractivity contribution in [2.24, 2.45) is 0 Å². The number of carbonyl (C=O) groups is 3. The van der Waals surface area contributed by atoms with E-state index in [-0.39, 0.29) is 5.56 Å². The van der Waals surface area contributed by atoms with E-state index >= 15 is 0 Å². The van der Waals surface area contributed by atoms with Crippen molar-refractivity contribution in [2.75, 3.05) is 7.11 Å². The molecule has 1 amide bonds. The fourth-order valence-corrected chi connectivity index (χ4v) is 1.73. The van der Waals surface area contributed by atoms with Gasteiger partial charge in [0.15, 0.2) is 0 Å². The van der Waals surface area contributed by atoms with Crippen LogP contribution in [0.3, 0.4) is 0 Å². The summed E-state index contributed by atoms with van der Waals surface area (Å²) < 4.78 is 9.91. The number of nitrogens with one attached hydrogen (secondary N) is 1. The van der Waals surface area contributed by atoms with Gasteiger partial charge in [0.05, 0.1) is 7.11 Å². The van der Waals surface area contributed by atoms with Crippen LogP contribution in [0.5, 0.6) is 5.75 Å². The predicted octanol–water partition coefficient (Wildman–Crippen LogP) is 1.72. The van der Waals surface area contributed by atoms with E-state index in [0.29, 0.717) is 5.75 Å². The standard InChI is InChI=1S/C16H21NO5/c1-10(18)22-14(15(20)17-16(2,3)4)13(19)11-6-8-12(21-5)9-7-11/h6-9,14H,1-5H3,(H,17,20). The topological polar surface area (TPSA) is 81.7 Å². The Labute approximate surface area is 129 Å². The number of amides is 1. The minimum atomic E-state index is -1.51. The van der Waals surface area contributed by atoms with Gasteiger partial charge in [-0.2, -0.15) is 0 Å². The first kappa shape index (κ1) is 17.7. The molecule has 0 aliphatic rings. The summed E-state index contributed by atoms with van der Waals surface area (Å²) >= 11 is 0. The molecule has 1 N–H and O–H groups in total. The van der Waals surface area contributed by atoms with Crippen molar-refractivity contribution in [1.82, 2.24) is 5.32 Å². The lowest BCUT2D eigenvalue weighted by Crippen LogP contribution is -2.49. The normalized spacial score (nSPS) is 12.2. The van der Waals surface area contributed by atoms with Gasteiger partial charge in [0.1, 0.15) is 5.75 Å². The summed E-state index contributed by atoms with van der Waals surface area (Å²) in [6.45, 7) is 6.47. The average molecular weight is 307 g/mol. The molecule has 6 heteroatoms. The molecular formula is C16H21NO5. The molecule has 1 unspecified atom stereocenters. The molecule has 0 aliphatic heterocycles. The van der Waals surface area contributed by atoms with Gasteiger partial charge in [0.25, 0.3) is 5.91 Å². The van der Waals surface area contributed by atoms with Gasteiger partial charge < -0.3 is 14.8 Å². The highest BCUT2D eigenvalue weighted by molar-refractivity contribution is 6.13. The first-order chi connectivity index (χ1) is 10.1. The van der Waals surface area contributed by atoms with Crippen molar-refractivity contribution in [1.29, 1.82) is 0 Å². The molecule has 1 aromatic carbocycles. The van der Waals surface area contributed by atoms with E-state index in [9.17, 15) is 14.4 Å². The number of Topliss-reactive ketones (excluding diaryl/α,β-unsaturated/α-hetero) is 1. The van der Waals surface area contributed by atoms with Crippen LogP contribution in [-0.4, -0.2) is 36.4 Å². The number of hydrogen-bond donors (Lipinski definition) is 1. The van der Waals surface area contributed by atoms with E-state index < -0.39 is 29.3 Å². The molecule has 0 spiro atoms. The monoisotopic (exact) mass is 307 g/mol. The fraction of sp³-hybridized carbons (Fsp3) is 0.438. The van der Waals surface area contributed by atoms with Gasteiger partial charge in [-0.25, -0.2) is 0 Å². The highest BCUT2D eigenvalue weighted by Gasteiger charge is 2.32. The molecule has 6 nitrogen and oxygen atoms in total. The molecule has 0 radical (unpaired) electrons. The van der Waals surface area contributed by atoms with Crippen molar-refractivity contribution < 1.29 is 23.9 Å². The highest BCUT2D eigenvalue weighted by atomic mass is 16.5. The largest absolute Gasteiger partial charge is 0.497 e. The fourth-order valence-electron chi connectivity index (χ4n) is 1.73. The maximum absolute atomic E-state index is 12.4. The van der Waals surface area contributed by atoms with E-state index in [1.807, 2.05) is 0 Å². The second-order valence-electron chi connectivity index (χ2n) is 5.82. The second kappa shape index (κ2) is 7.06. The molecule has 22 heavy (non-hydrogen) atoms. The molecule has 1 rings (SSSR count). The Bertz CT molecular complexity index is 557. The van der Waals surface area contributed by atoms with Gasteiger partial charge in [0, 0.05) is 18.0 Å². The first-order valence-corrected chi connectivity index (χ1v) is 6.81. The minimum Gasteiger partial charge on any atom is -0.497 e. The Balaban J connectivity index is 3.01. The van der Waals surface area contributed by atoms with Crippen molar-refractivity contribution in [3.05, 3.63) is 29.8 Å². The SMILES string of the molecule is COc1ccc(C(=O)C(OC(C)=O)C(=O)NC(C)(C)C)cc1. The third kappa shape index (κ3) is 5.20. The van der Waals surface area contributed by atoms with E-state index in [1.165, 1.54) is 19.2 Å². The van der Waals surface area contributed by atoms with Gasteiger partial charge in [-0.15, -0.1) is 0 Å². The van der Waals surface area contributed by atoms with Crippen molar-refractivity contribution in [2.45, 2.75) is 39.3 Å². The van der Waals surface area contributed by atoms with E-state index in [1.54, 1.807) is 32.9 Å². The lowest BCUT2D eigenvalue weighted by molar-refractivity contribution is -0.151. The molecular weight excluding hydrogens is 286 g/mol. The zero-order valence-corrected chi connectivity index (χ0v) is 13.4. The van der Waals surface area contributed by atoms with Gasteiger partial charge in [-0.1, -0.05) is 0 Å². The van der Waals surface area contributed by atoms with Crippen LogP contribution in [0.2, 0.25) is 0 Å². The van der Waals surface area contributed by atoms with Crippen LogP contribution in [0, 0.1) is 0 Å². The zero-order valence-electron chi connectivity index (χ0n) is 13.4. The lowest BCUT2D eigenvalue weighted by Gasteiger charge is -2.24. The van der Waals surface area contributed by atoms with Crippen molar-refractivity contribution >= 4 is 17.7 Å². The second-order valence-corrected chi connectivity index (χ2v) is 5.82. The number of rotatable bonds is 5. The molecule has 0 bridgehead atoms. The van der Waals surface area contributed by atoms with Crippen LogP contribution >= 0.6 is 0 Å². The molecule has 0 fully saturated rings. The molecule has 0 saturated heterocycles. The van der Waals surface area contributed by atoms with E-state index in [0.717, 1.165) is 6.92 Å². The van der Waals surface area contributed by atoms with Crippen LogP contribution in [-0.2, 0) is 14.3 Å². The molecule has 1 aromatic rings. The first-order valence-electron chi connectivity index (χ1n) is 6.81. The summed E-state index contributed by atoms with van der Waals surface area (Å²) in [5.74, 6) is -1.35. The number of carbonyl (C=O) groups excluding carboxylic acids is 3. The number of methoxy groups -OCH3 is 1. The number of ether oxygens (including phenoxy) is 2. The average Bonchev–Trinajstić information content (AvgIpc) is 2.42. The van der Waals surface area contributed by atoms with Crippen LogP contribution in [0.25, 0.3) is 0 Å². The number of ketones is 1. The van der Waals surface area contributed by atoms with E-state index in [4.69, 9.17) is 9.47 Å². The third-order valence-electron chi connectivity index (χ3n) is 2.63. The highest BCUT2D eigenvalue weighted by Crippen LogP contribution is 2.14. The number of benzene rings is 1. The van der Waals surface area contributed by atoms with Crippen LogP contribution in [0.1, 0.15) is 38.1 Å². The van der Waals surface area contributed by atoms with Crippen LogP contribution in [0.15, 0.2) is 24.3 Å². The number of esters is 1. The van der Waals surface area contributed by atoms with Crippen molar-refractivity contribution in [3.63, 3.8) is 0 Å². The van der Waals surface area contributed by atoms with Gasteiger partial charge in [-0.3, -0.25) is 14.4 Å². The summed E-state index contributed by atoms with van der Waals surface area (Å²) in [6.07, 6.45) is -1.51. The summed E-state index contributed by atoms with van der Waals surface area (Å²) in [5.41, 5.74) is -0.286. The summed E-state index contributed by atoms with van der Waals surface area (Å²) in [6, 6.07) is 6.23. The quantitative estimate of drug-likeness (QED) is 0.509. The Morgan fingerprint density at radius 1 is 1.09 bits per heavy atom. The molecule has 0 aromatic heterocycles.